The third-order valence-corrected chi connectivity index (χ3v) is 4.73. The van der Waals surface area contributed by atoms with Crippen LogP contribution in [0.4, 0.5) is 4.39 Å². The summed E-state index contributed by atoms with van der Waals surface area (Å²) in [6, 6.07) is 12.5. The number of nitrogens with zero attached hydrogens (tertiary/aromatic N) is 1. The molecule has 1 amide bonds. The minimum Gasteiger partial charge on any atom is -0.383 e. The Kier molecular flexibility index (Phi) is 6.96. The van der Waals surface area contributed by atoms with Crippen LogP contribution in [-0.2, 0) is 27.9 Å². The van der Waals surface area contributed by atoms with E-state index in [0.29, 0.717) is 6.54 Å². The first kappa shape index (κ1) is 20.9. The minimum absolute atomic E-state index is 0.0323. The number of carbonyl (C=O) groups is 1. The molecule has 0 bridgehead atoms. The van der Waals surface area contributed by atoms with Crippen molar-refractivity contribution in [3.63, 3.8) is 0 Å². The lowest BCUT2D eigenvalue weighted by atomic mass is 10.1. The van der Waals surface area contributed by atoms with Crippen molar-refractivity contribution in [3.05, 3.63) is 65.5 Å². The quantitative estimate of drug-likeness (QED) is 0.644. The zero-order valence-corrected chi connectivity index (χ0v) is 16.5. The van der Waals surface area contributed by atoms with Crippen LogP contribution >= 0.6 is 0 Å². The van der Waals surface area contributed by atoms with Crippen LogP contribution < -0.4 is 4.18 Å². The zero-order chi connectivity index (χ0) is 20.0. The molecule has 27 heavy (non-hydrogen) atoms. The van der Waals surface area contributed by atoms with Gasteiger partial charge in [-0.2, -0.15) is 8.42 Å². The van der Waals surface area contributed by atoms with Crippen LogP contribution in [0.25, 0.3) is 0 Å². The summed E-state index contributed by atoms with van der Waals surface area (Å²) in [5, 5.41) is 0. The molecule has 1 unspecified atom stereocenters. The molecule has 146 valence electrons. The van der Waals surface area contributed by atoms with Crippen LogP contribution in [0.5, 0.6) is 5.75 Å². The SMILES string of the molecule is CCC(C)N(Cc1ccc(OS(C)(=O)=O)cc1)C(=O)Cc1ccc(F)cc1. The van der Waals surface area contributed by atoms with E-state index in [0.717, 1.165) is 23.8 Å². The first-order valence-corrected chi connectivity index (χ1v) is 10.5. The second kappa shape index (κ2) is 8.99. The lowest BCUT2D eigenvalue weighted by Gasteiger charge is -2.29. The molecule has 0 heterocycles. The molecule has 0 radical (unpaired) electrons. The fourth-order valence-electron chi connectivity index (χ4n) is 2.61. The third kappa shape index (κ3) is 6.67. The van der Waals surface area contributed by atoms with E-state index in [1.807, 2.05) is 13.8 Å². The van der Waals surface area contributed by atoms with Gasteiger partial charge in [0, 0.05) is 12.6 Å². The van der Waals surface area contributed by atoms with Gasteiger partial charge in [-0.15, -0.1) is 0 Å². The van der Waals surface area contributed by atoms with Crippen LogP contribution in [-0.4, -0.2) is 31.5 Å². The fourth-order valence-corrected chi connectivity index (χ4v) is 3.07. The van der Waals surface area contributed by atoms with Crippen molar-refractivity contribution in [1.82, 2.24) is 4.90 Å². The highest BCUT2D eigenvalue weighted by molar-refractivity contribution is 7.86. The molecule has 0 saturated carbocycles. The number of rotatable bonds is 8. The van der Waals surface area contributed by atoms with Crippen LogP contribution in [0, 0.1) is 5.82 Å². The average Bonchev–Trinajstić information content (AvgIpc) is 2.61. The lowest BCUT2D eigenvalue weighted by Crippen LogP contribution is -2.38. The zero-order valence-electron chi connectivity index (χ0n) is 15.7. The molecule has 0 aliphatic carbocycles. The molecular weight excluding hydrogens is 369 g/mol. The third-order valence-electron chi connectivity index (χ3n) is 4.24. The Morgan fingerprint density at radius 3 is 2.15 bits per heavy atom. The van der Waals surface area contributed by atoms with Crippen molar-refractivity contribution in [2.45, 2.75) is 39.3 Å². The van der Waals surface area contributed by atoms with E-state index in [4.69, 9.17) is 4.18 Å². The molecule has 0 aliphatic rings. The van der Waals surface area contributed by atoms with Gasteiger partial charge in [0.25, 0.3) is 0 Å². The smallest absolute Gasteiger partial charge is 0.306 e. The molecule has 5 nitrogen and oxygen atoms in total. The monoisotopic (exact) mass is 393 g/mol. The lowest BCUT2D eigenvalue weighted by molar-refractivity contribution is -0.133. The highest BCUT2D eigenvalue weighted by Crippen LogP contribution is 2.18. The molecule has 0 aromatic heterocycles. The van der Waals surface area contributed by atoms with Crippen molar-refractivity contribution in [1.29, 1.82) is 0 Å². The maximum atomic E-state index is 13.0. The molecule has 2 rings (SSSR count). The highest BCUT2D eigenvalue weighted by atomic mass is 32.2. The van der Waals surface area contributed by atoms with E-state index in [-0.39, 0.29) is 29.9 Å². The fraction of sp³-hybridized carbons (Fsp3) is 0.350. The summed E-state index contributed by atoms with van der Waals surface area (Å²) in [4.78, 5) is 14.6. The molecule has 1 atom stereocenters. The van der Waals surface area contributed by atoms with E-state index in [1.165, 1.54) is 12.1 Å². The summed E-state index contributed by atoms with van der Waals surface area (Å²) < 4.78 is 40.2. The number of hydrogen-bond acceptors (Lipinski definition) is 4. The average molecular weight is 393 g/mol. The van der Waals surface area contributed by atoms with Gasteiger partial charge < -0.3 is 9.08 Å². The van der Waals surface area contributed by atoms with E-state index < -0.39 is 10.1 Å². The van der Waals surface area contributed by atoms with E-state index in [1.54, 1.807) is 41.3 Å². The summed E-state index contributed by atoms with van der Waals surface area (Å²) in [6.45, 7) is 4.38. The van der Waals surface area contributed by atoms with Crippen LogP contribution in [0.3, 0.4) is 0 Å². The molecule has 0 N–H and O–H groups in total. The van der Waals surface area contributed by atoms with E-state index in [9.17, 15) is 17.6 Å². The summed E-state index contributed by atoms with van der Waals surface area (Å²) in [6.07, 6.45) is 1.98. The Hall–Kier alpha value is -2.41. The molecule has 0 aliphatic heterocycles. The van der Waals surface area contributed by atoms with E-state index >= 15 is 0 Å². The maximum Gasteiger partial charge on any atom is 0.306 e. The van der Waals surface area contributed by atoms with Gasteiger partial charge >= 0.3 is 10.1 Å². The predicted octanol–water partition coefficient (Wildman–Crippen LogP) is 3.53. The first-order valence-electron chi connectivity index (χ1n) is 8.70. The summed E-state index contributed by atoms with van der Waals surface area (Å²) in [5.74, 6) is -0.150. The Morgan fingerprint density at radius 1 is 1.07 bits per heavy atom. The van der Waals surface area contributed by atoms with Gasteiger partial charge in [-0.05, 0) is 48.7 Å². The standard InChI is InChI=1S/C20H24FNO4S/c1-4-15(2)22(20(23)13-16-5-9-18(21)10-6-16)14-17-7-11-19(12-8-17)26-27(3,24)25/h5-12,15H,4,13-14H2,1-3H3. The van der Waals surface area contributed by atoms with Gasteiger partial charge in [0.15, 0.2) is 0 Å². The summed E-state index contributed by atoms with van der Waals surface area (Å²) in [7, 11) is -3.57. The van der Waals surface area contributed by atoms with E-state index in [2.05, 4.69) is 0 Å². The second-order valence-corrected chi connectivity index (χ2v) is 8.09. The minimum atomic E-state index is -3.57. The maximum absolute atomic E-state index is 13.0. The number of amides is 1. The Bertz CT molecular complexity index is 864. The number of carbonyl (C=O) groups excluding carboxylic acids is 1. The largest absolute Gasteiger partial charge is 0.383 e. The highest BCUT2D eigenvalue weighted by Gasteiger charge is 2.19. The normalized spacial score (nSPS) is 12.4. The Labute approximate surface area is 159 Å². The number of hydrogen-bond donors (Lipinski definition) is 0. The van der Waals surface area contributed by atoms with Crippen molar-refractivity contribution in [2.75, 3.05) is 6.26 Å². The molecule has 0 spiro atoms. The number of benzene rings is 2. The molecule has 2 aromatic rings. The van der Waals surface area contributed by atoms with Gasteiger partial charge in [-0.25, -0.2) is 4.39 Å². The van der Waals surface area contributed by atoms with Gasteiger partial charge in [-0.1, -0.05) is 31.2 Å². The Morgan fingerprint density at radius 2 is 1.63 bits per heavy atom. The van der Waals surface area contributed by atoms with Gasteiger partial charge in [0.05, 0.1) is 12.7 Å². The topological polar surface area (TPSA) is 63.7 Å². The van der Waals surface area contributed by atoms with Gasteiger partial charge in [0.2, 0.25) is 5.91 Å². The molecular formula is C20H24FNO4S. The van der Waals surface area contributed by atoms with Gasteiger partial charge in [0.1, 0.15) is 11.6 Å². The van der Waals surface area contributed by atoms with Crippen LogP contribution in [0.15, 0.2) is 48.5 Å². The van der Waals surface area contributed by atoms with Crippen LogP contribution in [0.1, 0.15) is 31.4 Å². The predicted molar refractivity (Wildman–Crippen MR) is 102 cm³/mol. The molecule has 7 heteroatoms. The van der Waals surface area contributed by atoms with Gasteiger partial charge in [-0.3, -0.25) is 4.79 Å². The van der Waals surface area contributed by atoms with Crippen molar-refractivity contribution >= 4 is 16.0 Å². The van der Waals surface area contributed by atoms with Crippen molar-refractivity contribution in [2.24, 2.45) is 0 Å². The van der Waals surface area contributed by atoms with Crippen molar-refractivity contribution < 1.29 is 21.8 Å². The molecule has 0 fully saturated rings. The summed E-state index contributed by atoms with van der Waals surface area (Å²) >= 11 is 0. The summed E-state index contributed by atoms with van der Waals surface area (Å²) in [5.41, 5.74) is 1.62. The molecule has 0 saturated heterocycles. The second-order valence-electron chi connectivity index (χ2n) is 6.51. The van der Waals surface area contributed by atoms with Crippen molar-refractivity contribution in [3.8, 4) is 5.75 Å². The first-order chi connectivity index (χ1) is 12.7. The molecule has 2 aromatic carbocycles. The van der Waals surface area contributed by atoms with Crippen LogP contribution in [0.2, 0.25) is 0 Å². The number of halogens is 1. The Balaban J connectivity index is 2.11.